The number of aliphatic hydroxyl groups is 1. The summed E-state index contributed by atoms with van der Waals surface area (Å²) < 4.78 is 69.5. The molecule has 0 aliphatic heterocycles. The van der Waals surface area contributed by atoms with E-state index in [4.69, 9.17) is 8.37 Å². The van der Waals surface area contributed by atoms with Crippen LogP contribution in [0.25, 0.3) is 0 Å². The zero-order valence-electron chi connectivity index (χ0n) is 23.0. The lowest BCUT2D eigenvalue weighted by Crippen LogP contribution is -2.55. The number of alkyl halides is 2. The first-order valence-electron chi connectivity index (χ1n) is 14.1. The average molecular weight is 617 g/mol. The second-order valence-corrected chi connectivity index (χ2v) is 16.7. The van der Waals surface area contributed by atoms with Crippen LogP contribution in [0.1, 0.15) is 38.5 Å². The number of halogens is 2. The summed E-state index contributed by atoms with van der Waals surface area (Å²) in [6.07, 6.45) is 4.82. The van der Waals surface area contributed by atoms with Gasteiger partial charge in [0.15, 0.2) is 0 Å². The highest BCUT2D eigenvalue weighted by molar-refractivity contribution is 8.33. The number of carbonyl (C=O) groups excluding carboxylic acids is 1. The van der Waals surface area contributed by atoms with Gasteiger partial charge < -0.3 is 9.84 Å². The maximum Gasteiger partial charge on any atom is 0.466 e. The van der Waals surface area contributed by atoms with Crippen LogP contribution < -0.4 is 0 Å². The van der Waals surface area contributed by atoms with Crippen LogP contribution in [0.3, 0.4) is 0 Å². The Morgan fingerprint density at radius 3 is 1.64 bits per heavy atom. The van der Waals surface area contributed by atoms with Gasteiger partial charge in [0.2, 0.25) is 0 Å². The van der Waals surface area contributed by atoms with Gasteiger partial charge in [-0.15, -0.1) is 0 Å². The maximum atomic E-state index is 15.8. The van der Waals surface area contributed by atoms with Crippen molar-refractivity contribution in [3.63, 3.8) is 0 Å². The Morgan fingerprint density at radius 1 is 0.786 bits per heavy atom. The maximum absolute atomic E-state index is 15.8. The minimum atomic E-state index is -5.87. The molecule has 10 heteroatoms. The number of ether oxygens (including phenoxy) is 1. The van der Waals surface area contributed by atoms with E-state index < -0.39 is 37.1 Å². The Hall–Kier alpha value is -2.79. The summed E-state index contributed by atoms with van der Waals surface area (Å²) in [7, 11) is -9.14. The van der Waals surface area contributed by atoms with Gasteiger partial charge in [-0.05, 0) is 102 Å². The third kappa shape index (κ3) is 4.96. The van der Waals surface area contributed by atoms with Crippen LogP contribution in [-0.2, 0) is 23.3 Å². The smallest absolute Gasteiger partial charge is 0.460 e. The van der Waals surface area contributed by atoms with Gasteiger partial charge in [0.1, 0.15) is 0 Å². The molecule has 224 valence electrons. The number of hydrogen-bond acceptors (Lipinski definition) is 6. The summed E-state index contributed by atoms with van der Waals surface area (Å²) in [4.78, 5) is 14.1. The highest BCUT2D eigenvalue weighted by atomic mass is 32.3. The van der Waals surface area contributed by atoms with Crippen LogP contribution in [0.4, 0.5) is 8.78 Å². The van der Waals surface area contributed by atoms with E-state index in [1.54, 1.807) is 91.0 Å². The van der Waals surface area contributed by atoms with Crippen LogP contribution in [0.5, 0.6) is 0 Å². The van der Waals surface area contributed by atoms with Crippen LogP contribution in [0.2, 0.25) is 0 Å². The van der Waals surface area contributed by atoms with Crippen molar-refractivity contribution < 1.29 is 35.5 Å². The highest BCUT2D eigenvalue weighted by Gasteiger charge is 2.61. The molecule has 0 heterocycles. The van der Waals surface area contributed by atoms with Crippen molar-refractivity contribution in [2.45, 2.75) is 58.5 Å². The zero-order valence-corrected chi connectivity index (χ0v) is 24.7. The van der Waals surface area contributed by atoms with Crippen LogP contribution in [-0.4, -0.2) is 38.0 Å². The molecule has 1 N–H and O–H groups in total. The molecule has 4 saturated carbocycles. The van der Waals surface area contributed by atoms with E-state index in [2.05, 4.69) is 0 Å². The predicted octanol–water partition coefficient (Wildman–Crippen LogP) is 6.94. The van der Waals surface area contributed by atoms with Gasteiger partial charge in [-0.3, -0.25) is 0 Å². The fraction of sp³-hybridized carbons (Fsp3) is 0.406. The third-order valence-corrected chi connectivity index (χ3v) is 14.3. The Balaban J connectivity index is 1.32. The molecule has 0 saturated heterocycles. The molecule has 2 atom stereocenters. The monoisotopic (exact) mass is 616 g/mol. The Kier molecular flexibility index (Phi) is 7.48. The van der Waals surface area contributed by atoms with E-state index in [-0.39, 0.29) is 18.6 Å². The Labute approximate surface area is 246 Å². The second-order valence-electron chi connectivity index (χ2n) is 12.2. The first-order chi connectivity index (χ1) is 20.0. The summed E-state index contributed by atoms with van der Waals surface area (Å²) in [6.45, 7) is -0.295. The quantitative estimate of drug-likeness (QED) is 0.248. The summed E-state index contributed by atoms with van der Waals surface area (Å²) >= 11 is 0. The molecular formula is C32H34F2O6S2. The van der Waals surface area contributed by atoms with Crippen LogP contribution in [0.15, 0.2) is 106 Å². The largest absolute Gasteiger partial charge is 0.466 e. The fourth-order valence-corrected chi connectivity index (χ4v) is 13.0. The van der Waals surface area contributed by atoms with Crippen molar-refractivity contribution in [3.8, 4) is 0 Å². The molecule has 0 aromatic heterocycles. The third-order valence-electron chi connectivity index (χ3n) is 9.12. The lowest BCUT2D eigenvalue weighted by Gasteiger charge is -2.61. The number of rotatable bonds is 10. The zero-order chi connectivity index (χ0) is 29.6. The minimum Gasteiger partial charge on any atom is -0.460 e. The molecule has 42 heavy (non-hydrogen) atoms. The molecule has 3 aromatic carbocycles. The molecule has 0 amide bonds. The van der Waals surface area contributed by atoms with E-state index in [1.165, 1.54) is 0 Å². The SMILES string of the molecule is O=C(OCC12CC3CC(CC(CO)(C3)C1)C2)C(F)(F)S(=O)(=O)OS(c1ccccc1)(c1ccccc1)c1ccccc1. The number of aliphatic hydroxyl groups excluding tert-OH is 1. The molecule has 4 bridgehead atoms. The van der Waals surface area contributed by atoms with Gasteiger partial charge in [0.05, 0.1) is 6.61 Å². The minimum absolute atomic E-state index is 0.0113. The number of esters is 1. The van der Waals surface area contributed by atoms with E-state index in [0.29, 0.717) is 32.9 Å². The first-order valence-corrected chi connectivity index (χ1v) is 17.1. The molecule has 4 fully saturated rings. The number of carbonyl (C=O) groups is 1. The van der Waals surface area contributed by atoms with Gasteiger partial charge >= 0.3 is 21.3 Å². The van der Waals surface area contributed by atoms with Gasteiger partial charge in [-0.2, -0.15) is 17.2 Å². The molecule has 3 aromatic rings. The molecule has 6 nitrogen and oxygen atoms in total. The van der Waals surface area contributed by atoms with Crippen molar-refractivity contribution >= 4 is 26.4 Å². The van der Waals surface area contributed by atoms with E-state index >= 15 is 8.78 Å². The average Bonchev–Trinajstić information content (AvgIpc) is 2.99. The highest BCUT2D eigenvalue weighted by Crippen LogP contribution is 2.70. The van der Waals surface area contributed by atoms with Gasteiger partial charge in [-0.1, -0.05) is 54.6 Å². The van der Waals surface area contributed by atoms with Crippen molar-refractivity contribution in [3.05, 3.63) is 91.0 Å². The normalized spacial score (nSPS) is 27.5. The van der Waals surface area contributed by atoms with Crippen LogP contribution in [0, 0.1) is 22.7 Å². The predicted molar refractivity (Wildman–Crippen MR) is 154 cm³/mol. The molecule has 4 aliphatic rings. The van der Waals surface area contributed by atoms with E-state index in [1.807, 2.05) is 0 Å². The van der Waals surface area contributed by atoms with Gasteiger partial charge in [-0.25, -0.2) is 8.42 Å². The van der Waals surface area contributed by atoms with Gasteiger partial charge in [0, 0.05) is 26.7 Å². The lowest BCUT2D eigenvalue weighted by molar-refractivity contribution is -0.181. The van der Waals surface area contributed by atoms with Crippen molar-refractivity contribution in [1.82, 2.24) is 0 Å². The van der Waals surface area contributed by atoms with E-state index in [0.717, 1.165) is 32.1 Å². The summed E-state index contributed by atoms with van der Waals surface area (Å²) in [5, 5.41) is 5.17. The van der Waals surface area contributed by atoms with Crippen molar-refractivity contribution in [2.24, 2.45) is 22.7 Å². The van der Waals surface area contributed by atoms with Crippen molar-refractivity contribution in [1.29, 1.82) is 0 Å². The Bertz CT molecular complexity index is 1420. The lowest BCUT2D eigenvalue weighted by atomic mass is 9.44. The second kappa shape index (κ2) is 10.7. The molecule has 7 rings (SSSR count). The van der Waals surface area contributed by atoms with Crippen LogP contribution >= 0.6 is 10.3 Å². The van der Waals surface area contributed by atoms with Gasteiger partial charge in [0.25, 0.3) is 0 Å². The molecule has 0 radical (unpaired) electrons. The number of benzene rings is 3. The molecular weight excluding hydrogens is 582 g/mol. The number of hydrogen-bond donors (Lipinski definition) is 1. The fourth-order valence-electron chi connectivity index (χ4n) is 7.95. The first kappa shape index (κ1) is 29.3. The van der Waals surface area contributed by atoms with E-state index in [9.17, 15) is 18.3 Å². The summed E-state index contributed by atoms with van der Waals surface area (Å²) in [5.74, 6) is -1.45. The summed E-state index contributed by atoms with van der Waals surface area (Å²) in [6, 6.07) is 25.0. The molecule has 4 aliphatic carbocycles. The summed E-state index contributed by atoms with van der Waals surface area (Å²) in [5.41, 5.74) is -0.811. The molecule has 0 spiro atoms. The standard InChI is InChI=1S/C32H34F2O6S2/c33-32(34,29(36)39-23-31-19-24-16-25(20-31)18-30(17-24,21-31)22-35)42(37,38)40-41(26-10-4-1-5-11-26,27-12-6-2-7-13-27)28-14-8-3-9-15-28/h1-15,24-25,35H,16-23H2. The Morgan fingerprint density at radius 2 is 1.21 bits per heavy atom. The topological polar surface area (TPSA) is 89.9 Å². The molecule has 2 unspecified atom stereocenters. The van der Waals surface area contributed by atoms with Crippen molar-refractivity contribution in [2.75, 3.05) is 13.2 Å².